The van der Waals surface area contributed by atoms with Crippen molar-refractivity contribution in [3.05, 3.63) is 64.1 Å². The third-order valence-corrected chi connectivity index (χ3v) is 4.32. The lowest BCUT2D eigenvalue weighted by molar-refractivity contribution is -0.658. The van der Waals surface area contributed by atoms with Crippen molar-refractivity contribution in [3.63, 3.8) is 0 Å². The van der Waals surface area contributed by atoms with E-state index in [4.69, 9.17) is 11.6 Å². The second kappa shape index (κ2) is 4.71. The first-order valence-corrected chi connectivity index (χ1v) is 7.10. The number of hydrogen-bond donors (Lipinski definition) is 0. The molecule has 0 fully saturated rings. The Morgan fingerprint density at radius 3 is 2.83 bits per heavy atom. The fourth-order valence-electron chi connectivity index (χ4n) is 2.09. The Kier molecular flexibility index (Phi) is 3.06. The third kappa shape index (κ3) is 2.14. The van der Waals surface area contributed by atoms with Crippen molar-refractivity contribution in [2.24, 2.45) is 0 Å². The van der Waals surface area contributed by atoms with Gasteiger partial charge in [0.2, 0.25) is 11.0 Å². The first-order valence-electron chi connectivity index (χ1n) is 5.85. The molecule has 3 heteroatoms. The van der Waals surface area contributed by atoms with Crippen LogP contribution in [0.3, 0.4) is 0 Å². The zero-order chi connectivity index (χ0) is 12.5. The van der Waals surface area contributed by atoms with Crippen LogP contribution >= 0.6 is 22.9 Å². The molecule has 0 N–H and O–H groups in total. The van der Waals surface area contributed by atoms with Crippen LogP contribution in [0, 0.1) is 6.92 Å². The predicted molar refractivity (Wildman–Crippen MR) is 77.3 cm³/mol. The van der Waals surface area contributed by atoms with Crippen LogP contribution in [-0.4, -0.2) is 0 Å². The molecular formula is C15H13ClNS+. The number of fused-ring (bicyclic) bond motifs is 1. The van der Waals surface area contributed by atoms with Gasteiger partial charge in [-0.2, -0.15) is 4.57 Å². The summed E-state index contributed by atoms with van der Waals surface area (Å²) in [4.78, 5) is 0. The molecule has 0 radical (unpaired) electrons. The second-order valence-electron chi connectivity index (χ2n) is 4.39. The molecule has 2 aromatic carbocycles. The van der Waals surface area contributed by atoms with E-state index in [-0.39, 0.29) is 0 Å². The van der Waals surface area contributed by atoms with Gasteiger partial charge in [0.1, 0.15) is 4.70 Å². The average molecular weight is 275 g/mol. The second-order valence-corrected chi connectivity index (χ2v) is 5.71. The number of benzene rings is 2. The number of thiazole rings is 1. The maximum absolute atomic E-state index is 6.01. The minimum Gasteiger partial charge on any atom is -0.184 e. The first-order chi connectivity index (χ1) is 8.74. The molecule has 1 nitrogen and oxygen atoms in total. The Hall–Kier alpha value is -1.38. The molecule has 1 aromatic heterocycles. The maximum atomic E-state index is 6.01. The highest BCUT2D eigenvalue weighted by molar-refractivity contribution is 7.16. The Labute approximate surface area is 115 Å². The highest BCUT2D eigenvalue weighted by Crippen LogP contribution is 2.21. The van der Waals surface area contributed by atoms with Crippen molar-refractivity contribution in [1.82, 2.24) is 0 Å². The third-order valence-electron chi connectivity index (χ3n) is 3.14. The lowest BCUT2D eigenvalue weighted by Crippen LogP contribution is -2.32. The van der Waals surface area contributed by atoms with E-state index in [0.717, 1.165) is 11.6 Å². The summed E-state index contributed by atoms with van der Waals surface area (Å²) in [6, 6.07) is 14.6. The van der Waals surface area contributed by atoms with E-state index in [1.54, 1.807) is 11.3 Å². The summed E-state index contributed by atoms with van der Waals surface area (Å²) in [6.45, 7) is 3.07. The van der Waals surface area contributed by atoms with Crippen LogP contribution in [0.1, 0.15) is 11.1 Å². The molecule has 18 heavy (non-hydrogen) atoms. The molecular weight excluding hydrogens is 262 g/mol. The predicted octanol–water partition coefficient (Wildman–Crippen LogP) is 4.20. The molecule has 0 spiro atoms. The van der Waals surface area contributed by atoms with Gasteiger partial charge in [0.25, 0.3) is 0 Å². The van der Waals surface area contributed by atoms with Gasteiger partial charge in [-0.1, -0.05) is 47.2 Å². The molecule has 90 valence electrons. The van der Waals surface area contributed by atoms with E-state index in [2.05, 4.69) is 47.3 Å². The summed E-state index contributed by atoms with van der Waals surface area (Å²) in [7, 11) is 0. The lowest BCUT2D eigenvalue weighted by atomic mass is 10.1. The summed E-state index contributed by atoms with van der Waals surface area (Å²) < 4.78 is 3.51. The quantitative estimate of drug-likeness (QED) is 0.617. The fourth-order valence-corrected chi connectivity index (χ4v) is 3.26. The van der Waals surface area contributed by atoms with Crippen LogP contribution in [-0.2, 0) is 6.54 Å². The molecule has 1 heterocycles. The topological polar surface area (TPSA) is 3.88 Å². The SMILES string of the molecule is Cc1ccccc1C[n+]1csc2cc(Cl)ccc21. The lowest BCUT2D eigenvalue weighted by Gasteiger charge is -2.00. The molecule has 0 aliphatic carbocycles. The number of halogens is 1. The van der Waals surface area contributed by atoms with Crippen molar-refractivity contribution < 1.29 is 4.57 Å². The summed E-state index contributed by atoms with van der Waals surface area (Å²) in [6.07, 6.45) is 0. The van der Waals surface area contributed by atoms with Gasteiger partial charge >= 0.3 is 0 Å². The number of aryl methyl sites for hydroxylation is 1. The minimum absolute atomic E-state index is 0.799. The van der Waals surface area contributed by atoms with Crippen LogP contribution < -0.4 is 4.57 Å². The fraction of sp³-hybridized carbons (Fsp3) is 0.133. The molecule has 0 atom stereocenters. The Morgan fingerprint density at radius 1 is 1.17 bits per heavy atom. The van der Waals surface area contributed by atoms with Gasteiger partial charge in [0, 0.05) is 16.7 Å². The number of hydrogen-bond acceptors (Lipinski definition) is 1. The van der Waals surface area contributed by atoms with Gasteiger partial charge in [-0.15, -0.1) is 0 Å². The van der Waals surface area contributed by atoms with Gasteiger partial charge in [-0.3, -0.25) is 0 Å². The van der Waals surface area contributed by atoms with E-state index in [1.807, 2.05) is 12.1 Å². The van der Waals surface area contributed by atoms with Gasteiger partial charge < -0.3 is 0 Å². The largest absolute Gasteiger partial charge is 0.226 e. The first kappa shape index (κ1) is 11.7. The van der Waals surface area contributed by atoms with Crippen molar-refractivity contribution >= 4 is 33.2 Å². The Balaban J connectivity index is 2.03. The number of nitrogens with zero attached hydrogens (tertiary/aromatic N) is 1. The molecule has 0 aliphatic heterocycles. The molecule has 0 aliphatic rings. The van der Waals surface area contributed by atoms with Gasteiger partial charge in [0.15, 0.2) is 6.54 Å². The van der Waals surface area contributed by atoms with Crippen LogP contribution in [0.4, 0.5) is 0 Å². The molecule has 3 rings (SSSR count). The molecule has 0 unspecified atom stereocenters. The normalized spacial score (nSPS) is 11.0. The van der Waals surface area contributed by atoms with Crippen molar-refractivity contribution in [2.75, 3.05) is 0 Å². The smallest absolute Gasteiger partial charge is 0.184 e. The van der Waals surface area contributed by atoms with Crippen molar-refractivity contribution in [1.29, 1.82) is 0 Å². The Bertz CT molecular complexity index is 703. The average Bonchev–Trinajstić information content (AvgIpc) is 2.74. The van der Waals surface area contributed by atoms with E-state index in [9.17, 15) is 0 Å². The zero-order valence-electron chi connectivity index (χ0n) is 10.1. The number of rotatable bonds is 2. The van der Waals surface area contributed by atoms with Crippen molar-refractivity contribution in [2.45, 2.75) is 13.5 Å². The summed E-state index contributed by atoms with van der Waals surface area (Å²) >= 11 is 7.74. The van der Waals surface area contributed by atoms with Crippen LogP contribution in [0.25, 0.3) is 10.2 Å². The summed E-state index contributed by atoms with van der Waals surface area (Å²) in [5, 5.41) is 0.799. The molecule has 0 saturated carbocycles. The Morgan fingerprint density at radius 2 is 2.00 bits per heavy atom. The van der Waals surface area contributed by atoms with Crippen LogP contribution in [0.2, 0.25) is 5.02 Å². The van der Waals surface area contributed by atoms with Crippen LogP contribution in [0.5, 0.6) is 0 Å². The van der Waals surface area contributed by atoms with Gasteiger partial charge in [-0.25, -0.2) is 0 Å². The summed E-state index contributed by atoms with van der Waals surface area (Å²) in [5.74, 6) is 0. The van der Waals surface area contributed by atoms with Gasteiger partial charge in [-0.05, 0) is 24.6 Å². The van der Waals surface area contributed by atoms with Crippen molar-refractivity contribution in [3.8, 4) is 0 Å². The van der Waals surface area contributed by atoms with E-state index < -0.39 is 0 Å². The minimum atomic E-state index is 0.799. The number of aromatic nitrogens is 1. The monoisotopic (exact) mass is 274 g/mol. The molecule has 0 bridgehead atoms. The van der Waals surface area contributed by atoms with Gasteiger partial charge in [0.05, 0.1) is 0 Å². The molecule has 0 amide bonds. The van der Waals surface area contributed by atoms with E-state index in [0.29, 0.717) is 0 Å². The highest BCUT2D eigenvalue weighted by Gasteiger charge is 2.13. The zero-order valence-corrected chi connectivity index (χ0v) is 11.6. The molecule has 3 aromatic rings. The maximum Gasteiger partial charge on any atom is 0.226 e. The van der Waals surface area contributed by atoms with Crippen LogP contribution in [0.15, 0.2) is 48.0 Å². The van der Waals surface area contributed by atoms with E-state index in [1.165, 1.54) is 21.3 Å². The van der Waals surface area contributed by atoms with E-state index >= 15 is 0 Å². The highest BCUT2D eigenvalue weighted by atomic mass is 35.5. The summed E-state index contributed by atoms with van der Waals surface area (Å²) in [5.41, 5.74) is 6.09. The molecule has 0 saturated heterocycles. The standard InChI is InChI=1S/C15H13ClNS/c1-11-4-2-3-5-12(11)9-17-10-18-15-8-13(16)6-7-14(15)17/h2-8,10H,9H2,1H3/q+1.